The Kier molecular flexibility index (Phi) is 6.84. The van der Waals surface area contributed by atoms with E-state index in [-0.39, 0.29) is 12.6 Å². The van der Waals surface area contributed by atoms with Crippen molar-refractivity contribution in [3.63, 3.8) is 0 Å². The Morgan fingerprint density at radius 2 is 1.78 bits per heavy atom. The van der Waals surface area contributed by atoms with Gasteiger partial charge in [0.05, 0.1) is 11.7 Å². The molecule has 27 heavy (non-hydrogen) atoms. The lowest BCUT2D eigenvalue weighted by Crippen LogP contribution is -2.31. The van der Waals surface area contributed by atoms with Crippen molar-refractivity contribution in [2.24, 2.45) is 11.7 Å². The first kappa shape index (κ1) is 19.8. The van der Waals surface area contributed by atoms with Crippen LogP contribution < -0.4 is 16.4 Å². The fraction of sp³-hybridized carbons (Fsp3) is 0.737. The monoisotopic (exact) mass is 377 g/mol. The average molecular weight is 377 g/mol. The van der Waals surface area contributed by atoms with Crippen molar-refractivity contribution >= 4 is 17.7 Å². The number of hydrogen-bond acceptors (Lipinski definition) is 7. The second kappa shape index (κ2) is 9.32. The molecule has 1 aromatic rings. The Bertz CT molecular complexity index is 626. The number of anilines is 2. The number of rotatable bonds is 7. The molecule has 150 valence electrons. The number of nitrogens with one attached hydrogen (secondary N) is 2. The standard InChI is InChI=1S/C19H31N5O3/c1-27-15-8-6-14(7-9-15)23-19-21-10-16(17(20)26)18(24-19)22-13-4-2-12(11-25)3-5-13/h10,12-15,25H,2-9,11H2,1H3,(H2,20,26)(H2,21,22,23,24)/t12?,13?,14-,15-. The van der Waals surface area contributed by atoms with Crippen LogP contribution in [0, 0.1) is 5.92 Å². The molecule has 0 radical (unpaired) electrons. The quantitative estimate of drug-likeness (QED) is 0.572. The Morgan fingerprint density at radius 1 is 1.15 bits per heavy atom. The van der Waals surface area contributed by atoms with Crippen LogP contribution in [0.2, 0.25) is 0 Å². The summed E-state index contributed by atoms with van der Waals surface area (Å²) in [5, 5.41) is 16.0. The van der Waals surface area contributed by atoms with Gasteiger partial charge in [-0.2, -0.15) is 4.98 Å². The van der Waals surface area contributed by atoms with Gasteiger partial charge in [-0.25, -0.2) is 4.98 Å². The van der Waals surface area contributed by atoms with Gasteiger partial charge in [0, 0.05) is 32.0 Å². The number of methoxy groups -OCH3 is 1. The van der Waals surface area contributed by atoms with Gasteiger partial charge in [-0.05, 0) is 57.3 Å². The number of aliphatic hydroxyl groups is 1. The summed E-state index contributed by atoms with van der Waals surface area (Å²) < 4.78 is 5.41. The van der Waals surface area contributed by atoms with E-state index < -0.39 is 5.91 Å². The third-order valence-corrected chi connectivity index (χ3v) is 5.84. The Hall–Kier alpha value is -1.93. The van der Waals surface area contributed by atoms with Crippen LogP contribution in [0.1, 0.15) is 61.7 Å². The van der Waals surface area contributed by atoms with Crippen LogP contribution in [0.25, 0.3) is 0 Å². The number of primary amides is 1. The summed E-state index contributed by atoms with van der Waals surface area (Å²) in [6.45, 7) is 0.242. The highest BCUT2D eigenvalue weighted by molar-refractivity contribution is 5.97. The Labute approximate surface area is 160 Å². The van der Waals surface area contributed by atoms with Crippen molar-refractivity contribution in [1.29, 1.82) is 0 Å². The van der Waals surface area contributed by atoms with Crippen LogP contribution in [0.15, 0.2) is 6.20 Å². The number of aromatic nitrogens is 2. The molecule has 1 aromatic heterocycles. The molecule has 0 spiro atoms. The topological polar surface area (TPSA) is 122 Å². The molecule has 8 nitrogen and oxygen atoms in total. The molecule has 0 bridgehead atoms. The molecular formula is C19H31N5O3. The largest absolute Gasteiger partial charge is 0.396 e. The first-order valence-corrected chi connectivity index (χ1v) is 9.92. The van der Waals surface area contributed by atoms with Gasteiger partial charge in [0.1, 0.15) is 5.82 Å². The number of amides is 1. The van der Waals surface area contributed by atoms with Crippen LogP contribution in [-0.4, -0.2) is 52.9 Å². The molecule has 3 rings (SSSR count). The maximum absolute atomic E-state index is 11.8. The van der Waals surface area contributed by atoms with Crippen molar-refractivity contribution in [3.05, 3.63) is 11.8 Å². The lowest BCUT2D eigenvalue weighted by atomic mass is 9.86. The van der Waals surface area contributed by atoms with E-state index in [0.29, 0.717) is 35.4 Å². The highest BCUT2D eigenvalue weighted by atomic mass is 16.5. The Balaban J connectivity index is 1.65. The predicted octanol–water partition coefficient (Wildman–Crippen LogP) is 1.91. The summed E-state index contributed by atoms with van der Waals surface area (Å²) >= 11 is 0. The molecule has 0 aromatic carbocycles. The molecule has 0 saturated heterocycles. The summed E-state index contributed by atoms with van der Waals surface area (Å²) in [6.07, 6.45) is 9.72. The van der Waals surface area contributed by atoms with E-state index in [0.717, 1.165) is 51.4 Å². The van der Waals surface area contributed by atoms with E-state index in [2.05, 4.69) is 20.6 Å². The summed E-state index contributed by atoms with van der Waals surface area (Å²) in [6, 6.07) is 0.537. The van der Waals surface area contributed by atoms with Gasteiger partial charge in [-0.3, -0.25) is 4.79 Å². The van der Waals surface area contributed by atoms with Gasteiger partial charge in [0.25, 0.3) is 5.91 Å². The van der Waals surface area contributed by atoms with E-state index in [1.807, 2.05) is 0 Å². The minimum Gasteiger partial charge on any atom is -0.396 e. The zero-order valence-electron chi connectivity index (χ0n) is 16.0. The average Bonchev–Trinajstić information content (AvgIpc) is 2.69. The van der Waals surface area contributed by atoms with E-state index in [1.54, 1.807) is 7.11 Å². The SMILES string of the molecule is CO[C@H]1CC[C@H](Nc2ncc(C(N)=O)c(NC3CCC(CO)CC3)n2)CC1. The highest BCUT2D eigenvalue weighted by Crippen LogP contribution is 2.28. The van der Waals surface area contributed by atoms with E-state index in [4.69, 9.17) is 10.5 Å². The number of aliphatic hydroxyl groups excluding tert-OH is 1. The van der Waals surface area contributed by atoms with Crippen LogP contribution in [0.3, 0.4) is 0 Å². The number of nitrogens with zero attached hydrogens (tertiary/aromatic N) is 2. The smallest absolute Gasteiger partial charge is 0.254 e. The third-order valence-electron chi connectivity index (χ3n) is 5.84. The molecule has 5 N–H and O–H groups in total. The fourth-order valence-electron chi connectivity index (χ4n) is 4.05. The summed E-state index contributed by atoms with van der Waals surface area (Å²) in [7, 11) is 1.76. The van der Waals surface area contributed by atoms with Crippen molar-refractivity contribution in [1.82, 2.24) is 9.97 Å². The number of carbonyl (C=O) groups excluding carboxylic acids is 1. The van der Waals surface area contributed by atoms with Crippen LogP contribution in [0.4, 0.5) is 11.8 Å². The molecule has 0 unspecified atom stereocenters. The van der Waals surface area contributed by atoms with E-state index in [1.165, 1.54) is 6.20 Å². The lowest BCUT2D eigenvalue weighted by Gasteiger charge is -2.29. The molecule has 1 amide bonds. The molecular weight excluding hydrogens is 346 g/mol. The van der Waals surface area contributed by atoms with Crippen molar-refractivity contribution in [3.8, 4) is 0 Å². The highest BCUT2D eigenvalue weighted by Gasteiger charge is 2.24. The maximum atomic E-state index is 11.8. The minimum atomic E-state index is -0.534. The van der Waals surface area contributed by atoms with Gasteiger partial charge in [0.15, 0.2) is 0 Å². The number of nitrogens with two attached hydrogens (primary N) is 1. The van der Waals surface area contributed by atoms with Crippen molar-refractivity contribution < 1.29 is 14.6 Å². The van der Waals surface area contributed by atoms with Gasteiger partial charge in [-0.1, -0.05) is 0 Å². The zero-order valence-corrected chi connectivity index (χ0v) is 16.0. The second-order valence-corrected chi connectivity index (χ2v) is 7.72. The molecule has 0 atom stereocenters. The first-order chi connectivity index (χ1) is 13.1. The van der Waals surface area contributed by atoms with Crippen LogP contribution >= 0.6 is 0 Å². The van der Waals surface area contributed by atoms with Gasteiger partial charge in [-0.15, -0.1) is 0 Å². The molecule has 2 aliphatic carbocycles. The van der Waals surface area contributed by atoms with Crippen molar-refractivity contribution in [2.75, 3.05) is 24.4 Å². The molecule has 2 fully saturated rings. The second-order valence-electron chi connectivity index (χ2n) is 7.72. The van der Waals surface area contributed by atoms with Crippen LogP contribution in [0.5, 0.6) is 0 Å². The van der Waals surface area contributed by atoms with Crippen LogP contribution in [-0.2, 0) is 4.74 Å². The van der Waals surface area contributed by atoms with E-state index in [9.17, 15) is 9.90 Å². The minimum absolute atomic E-state index is 0.228. The lowest BCUT2D eigenvalue weighted by molar-refractivity contribution is 0.0681. The van der Waals surface area contributed by atoms with Gasteiger partial charge < -0.3 is 26.2 Å². The Morgan fingerprint density at radius 3 is 2.37 bits per heavy atom. The molecule has 1 heterocycles. The predicted molar refractivity (Wildman–Crippen MR) is 104 cm³/mol. The van der Waals surface area contributed by atoms with E-state index >= 15 is 0 Å². The van der Waals surface area contributed by atoms with Gasteiger partial charge in [0.2, 0.25) is 5.95 Å². The summed E-state index contributed by atoms with van der Waals surface area (Å²) in [5.74, 6) is 0.864. The maximum Gasteiger partial charge on any atom is 0.254 e. The number of hydrogen-bond donors (Lipinski definition) is 4. The van der Waals surface area contributed by atoms with Gasteiger partial charge >= 0.3 is 0 Å². The molecule has 8 heteroatoms. The fourth-order valence-corrected chi connectivity index (χ4v) is 4.05. The zero-order chi connectivity index (χ0) is 19.2. The molecule has 2 saturated carbocycles. The first-order valence-electron chi connectivity index (χ1n) is 9.92. The van der Waals surface area contributed by atoms with Crippen molar-refractivity contribution in [2.45, 2.75) is 69.6 Å². The molecule has 0 aliphatic heterocycles. The third kappa shape index (κ3) is 5.29. The summed E-state index contributed by atoms with van der Waals surface area (Å²) in [4.78, 5) is 20.6. The molecule has 2 aliphatic rings. The summed E-state index contributed by atoms with van der Waals surface area (Å²) in [5.41, 5.74) is 5.81. The number of carbonyl (C=O) groups is 1. The normalized spacial score (nSPS) is 28.5. The number of ether oxygens (including phenoxy) is 1.